The molecule has 3 rings (SSSR count). The molecule has 3 atom stereocenters. The summed E-state index contributed by atoms with van der Waals surface area (Å²) < 4.78 is 12.6. The zero-order valence-corrected chi connectivity index (χ0v) is 11.7. The fraction of sp³-hybridized carbons (Fsp3) is 0.583. The maximum Gasteiger partial charge on any atom is 0.245 e. The standard InChI is InChI=1S/C12H17N5O4/c1-13-12-16-9-10(14-5-15-11(9)20-2)17(12)8-3-6(19)7(4-18)21-8/h5-8,18-19H,3-4H2,1-2H3,(H,13,16)/t6-,7+,8+/m1/s1. The van der Waals surface area contributed by atoms with Crippen molar-refractivity contribution in [3.8, 4) is 5.88 Å². The molecule has 9 nitrogen and oxygen atoms in total. The fourth-order valence-corrected chi connectivity index (χ4v) is 2.52. The number of aliphatic hydroxyl groups excluding tert-OH is 2. The van der Waals surface area contributed by atoms with Crippen LogP contribution in [0.15, 0.2) is 6.33 Å². The number of hydrogen-bond acceptors (Lipinski definition) is 8. The van der Waals surface area contributed by atoms with Crippen LogP contribution in [0.5, 0.6) is 5.88 Å². The van der Waals surface area contributed by atoms with Gasteiger partial charge in [0.15, 0.2) is 11.2 Å². The maximum absolute atomic E-state index is 9.90. The van der Waals surface area contributed by atoms with Gasteiger partial charge < -0.3 is 25.0 Å². The van der Waals surface area contributed by atoms with Crippen LogP contribution in [0.1, 0.15) is 12.6 Å². The number of fused-ring (bicyclic) bond motifs is 1. The Labute approximate surface area is 120 Å². The van der Waals surface area contributed by atoms with Crippen molar-refractivity contribution in [2.45, 2.75) is 24.9 Å². The van der Waals surface area contributed by atoms with Crippen LogP contribution >= 0.6 is 0 Å². The van der Waals surface area contributed by atoms with E-state index < -0.39 is 18.4 Å². The van der Waals surface area contributed by atoms with Gasteiger partial charge in [-0.1, -0.05) is 0 Å². The van der Waals surface area contributed by atoms with Crippen molar-refractivity contribution in [3.63, 3.8) is 0 Å². The van der Waals surface area contributed by atoms with Gasteiger partial charge in [-0.05, 0) is 0 Å². The molecule has 9 heteroatoms. The van der Waals surface area contributed by atoms with E-state index in [9.17, 15) is 10.2 Å². The molecule has 1 aliphatic heterocycles. The average molecular weight is 295 g/mol. The summed E-state index contributed by atoms with van der Waals surface area (Å²) >= 11 is 0. The topological polar surface area (TPSA) is 115 Å². The predicted molar refractivity (Wildman–Crippen MR) is 73.0 cm³/mol. The summed E-state index contributed by atoms with van der Waals surface area (Å²) in [6.45, 7) is -0.239. The van der Waals surface area contributed by atoms with Crippen LogP contribution in [0.4, 0.5) is 5.95 Å². The molecule has 0 bridgehead atoms. The summed E-state index contributed by atoms with van der Waals surface area (Å²) in [4.78, 5) is 12.6. The van der Waals surface area contributed by atoms with Gasteiger partial charge in [0.05, 0.1) is 19.8 Å². The number of nitrogens with one attached hydrogen (secondary N) is 1. The number of nitrogens with zero attached hydrogens (tertiary/aromatic N) is 4. The van der Waals surface area contributed by atoms with Gasteiger partial charge >= 0.3 is 0 Å². The minimum Gasteiger partial charge on any atom is -0.479 e. The molecule has 1 fully saturated rings. The van der Waals surface area contributed by atoms with Crippen molar-refractivity contribution in [1.29, 1.82) is 0 Å². The van der Waals surface area contributed by atoms with E-state index >= 15 is 0 Å². The Balaban J connectivity index is 2.09. The van der Waals surface area contributed by atoms with Gasteiger partial charge in [0.25, 0.3) is 0 Å². The van der Waals surface area contributed by atoms with Crippen LogP contribution in [0.25, 0.3) is 11.2 Å². The molecule has 21 heavy (non-hydrogen) atoms. The normalized spacial score (nSPS) is 25.4. The van der Waals surface area contributed by atoms with E-state index in [4.69, 9.17) is 9.47 Å². The Hall–Kier alpha value is -1.97. The first-order valence-electron chi connectivity index (χ1n) is 6.58. The number of ether oxygens (including phenoxy) is 2. The summed E-state index contributed by atoms with van der Waals surface area (Å²) in [6, 6.07) is 0. The zero-order valence-electron chi connectivity index (χ0n) is 11.7. The third kappa shape index (κ3) is 2.19. The lowest BCUT2D eigenvalue weighted by molar-refractivity contribution is -0.0425. The highest BCUT2D eigenvalue weighted by atomic mass is 16.5. The van der Waals surface area contributed by atoms with Crippen molar-refractivity contribution in [1.82, 2.24) is 19.5 Å². The largest absolute Gasteiger partial charge is 0.479 e. The molecule has 1 aliphatic rings. The third-order valence-corrected chi connectivity index (χ3v) is 3.53. The second-order valence-electron chi connectivity index (χ2n) is 4.73. The van der Waals surface area contributed by atoms with Gasteiger partial charge in [-0.15, -0.1) is 0 Å². The van der Waals surface area contributed by atoms with E-state index in [1.165, 1.54) is 13.4 Å². The van der Waals surface area contributed by atoms with Crippen molar-refractivity contribution < 1.29 is 19.7 Å². The van der Waals surface area contributed by atoms with E-state index in [-0.39, 0.29) is 6.61 Å². The molecule has 0 saturated carbocycles. The first-order valence-corrected chi connectivity index (χ1v) is 6.58. The lowest BCUT2D eigenvalue weighted by Gasteiger charge is -2.16. The number of anilines is 1. The summed E-state index contributed by atoms with van der Waals surface area (Å²) in [5.41, 5.74) is 1.05. The summed E-state index contributed by atoms with van der Waals surface area (Å²) in [5, 5.41) is 22.1. The Bertz CT molecular complexity index is 646. The quantitative estimate of drug-likeness (QED) is 0.692. The SMILES string of the molecule is CNc1nc2c(OC)ncnc2n1[C@@H]1C[C@@H](O)[C@H](CO)O1. The molecule has 0 radical (unpaired) electrons. The summed E-state index contributed by atoms with van der Waals surface area (Å²) in [7, 11) is 3.24. The van der Waals surface area contributed by atoms with Gasteiger partial charge in [0.2, 0.25) is 11.8 Å². The molecule has 1 saturated heterocycles. The van der Waals surface area contributed by atoms with Crippen LogP contribution in [-0.4, -0.2) is 62.7 Å². The molecular formula is C12H17N5O4. The molecule has 2 aromatic heterocycles. The molecule has 0 spiro atoms. The second-order valence-corrected chi connectivity index (χ2v) is 4.73. The number of imidazole rings is 1. The van der Waals surface area contributed by atoms with Crippen molar-refractivity contribution >= 4 is 17.1 Å². The zero-order chi connectivity index (χ0) is 15.0. The Morgan fingerprint density at radius 2 is 2.33 bits per heavy atom. The lowest BCUT2D eigenvalue weighted by Crippen LogP contribution is -2.24. The highest BCUT2D eigenvalue weighted by molar-refractivity contribution is 5.79. The minimum absolute atomic E-state index is 0.239. The highest BCUT2D eigenvalue weighted by Crippen LogP contribution is 2.35. The van der Waals surface area contributed by atoms with E-state index in [1.807, 2.05) is 0 Å². The monoisotopic (exact) mass is 295 g/mol. The minimum atomic E-state index is -0.731. The van der Waals surface area contributed by atoms with Crippen molar-refractivity contribution in [2.24, 2.45) is 0 Å². The second kappa shape index (κ2) is 5.43. The van der Waals surface area contributed by atoms with E-state index in [2.05, 4.69) is 20.3 Å². The summed E-state index contributed by atoms with van der Waals surface area (Å²) in [5.74, 6) is 0.895. The molecule has 0 aromatic carbocycles. The van der Waals surface area contributed by atoms with Gasteiger partial charge in [-0.3, -0.25) is 4.57 Å². The van der Waals surface area contributed by atoms with Gasteiger partial charge in [0, 0.05) is 13.5 Å². The van der Waals surface area contributed by atoms with Crippen molar-refractivity contribution in [3.05, 3.63) is 6.33 Å². The average Bonchev–Trinajstić information content (AvgIpc) is 3.06. The van der Waals surface area contributed by atoms with Crippen LogP contribution in [-0.2, 0) is 4.74 Å². The molecule has 0 aliphatic carbocycles. The van der Waals surface area contributed by atoms with Crippen LogP contribution in [0, 0.1) is 0 Å². The van der Waals surface area contributed by atoms with E-state index in [0.717, 1.165) is 0 Å². The predicted octanol–water partition coefficient (Wildman–Crippen LogP) is -0.483. The Morgan fingerprint density at radius 1 is 1.52 bits per heavy atom. The third-order valence-electron chi connectivity index (χ3n) is 3.53. The molecule has 3 heterocycles. The molecule has 0 unspecified atom stereocenters. The van der Waals surface area contributed by atoms with Gasteiger partial charge in [-0.25, -0.2) is 9.97 Å². The van der Waals surface area contributed by atoms with Crippen LogP contribution in [0.3, 0.4) is 0 Å². The van der Waals surface area contributed by atoms with Crippen molar-refractivity contribution in [2.75, 3.05) is 26.1 Å². The van der Waals surface area contributed by atoms with Gasteiger partial charge in [-0.2, -0.15) is 4.98 Å². The molecule has 114 valence electrons. The maximum atomic E-state index is 9.90. The Kier molecular flexibility index (Phi) is 3.62. The first kappa shape index (κ1) is 14.0. The van der Waals surface area contributed by atoms with Crippen LogP contribution in [0.2, 0.25) is 0 Å². The van der Waals surface area contributed by atoms with Gasteiger partial charge in [0.1, 0.15) is 18.7 Å². The number of rotatable bonds is 4. The molecule has 0 amide bonds. The first-order chi connectivity index (χ1) is 10.2. The number of methoxy groups -OCH3 is 1. The van der Waals surface area contributed by atoms with Crippen LogP contribution < -0.4 is 10.1 Å². The highest BCUT2D eigenvalue weighted by Gasteiger charge is 2.36. The van der Waals surface area contributed by atoms with E-state index in [0.29, 0.717) is 29.4 Å². The lowest BCUT2D eigenvalue weighted by atomic mass is 10.2. The molecule has 2 aromatic rings. The Morgan fingerprint density at radius 3 is 2.95 bits per heavy atom. The number of aliphatic hydroxyl groups is 2. The number of aromatic nitrogens is 4. The number of hydrogen-bond donors (Lipinski definition) is 3. The molecular weight excluding hydrogens is 278 g/mol. The summed E-state index contributed by atoms with van der Waals surface area (Å²) in [6.07, 6.45) is -0.0817. The van der Waals surface area contributed by atoms with E-state index in [1.54, 1.807) is 11.6 Å². The fourth-order valence-electron chi connectivity index (χ4n) is 2.52. The molecule has 3 N–H and O–H groups in total. The smallest absolute Gasteiger partial charge is 0.245 e.